The molecule has 1 heterocycles. The molecule has 0 aliphatic carbocycles. The zero-order valence-electron chi connectivity index (χ0n) is 57.2. The number of ether oxygens (including phenoxy) is 3. The Labute approximate surface area is 541 Å². The summed E-state index contributed by atoms with van der Waals surface area (Å²) in [6, 6.07) is -0.825. The Hall–Kier alpha value is -2.64. The largest absolute Gasteiger partial charge is 0.466 e. The van der Waals surface area contributed by atoms with Gasteiger partial charge in [-0.25, -0.2) is 0 Å². The smallest absolute Gasteiger partial charge is 0.305 e. The highest BCUT2D eigenvalue weighted by Gasteiger charge is 2.44. The van der Waals surface area contributed by atoms with E-state index in [-0.39, 0.29) is 18.5 Å². The highest BCUT2D eigenvalue weighted by atomic mass is 16.7. The van der Waals surface area contributed by atoms with Gasteiger partial charge >= 0.3 is 5.97 Å². The molecule has 7 unspecified atom stereocenters. The molecule has 0 radical (unpaired) electrons. The molecule has 0 spiro atoms. The Balaban J connectivity index is 1.90. The standard InChI is InChI=1S/C77H141NO10/c1-3-5-7-9-11-13-44-49-53-57-61-65-73(82)86-66-62-58-54-50-46-43-41-39-37-35-33-31-29-27-25-23-21-19-17-15-16-18-20-22-24-26-28-30-32-34-36-38-40-42-45-48-52-56-60-64-72(81)78-69(68-87-77-76(85)75(84)74(83)71(67-79)88-77)70(80)63-59-55-51-47-14-12-10-8-6-4-2/h9,11,14-16,19,21,47,59,63,69-71,74-77,79-80,83-85H,3-8,10,12-13,17-18,20,22-46,48-58,60-62,64-68H2,1-2H3,(H,78,81)/b11-9-,16-15-,21-19-,47-14+,63-59+. The Kier molecular flexibility index (Phi) is 62.4. The van der Waals surface area contributed by atoms with Crippen LogP contribution in [0.2, 0.25) is 0 Å². The summed E-state index contributed by atoms with van der Waals surface area (Å²) in [6.45, 7) is 4.28. The van der Waals surface area contributed by atoms with Crippen molar-refractivity contribution in [1.29, 1.82) is 0 Å². The van der Waals surface area contributed by atoms with Gasteiger partial charge in [0.25, 0.3) is 0 Å². The number of nitrogens with one attached hydrogen (secondary N) is 1. The lowest BCUT2D eigenvalue weighted by Gasteiger charge is -2.40. The topological polar surface area (TPSA) is 175 Å². The molecule has 1 saturated heterocycles. The minimum absolute atomic E-state index is 0.00313. The molecule has 88 heavy (non-hydrogen) atoms. The predicted octanol–water partition coefficient (Wildman–Crippen LogP) is 19.7. The molecule has 1 rings (SSSR count). The molecule has 0 aromatic heterocycles. The maximum atomic E-state index is 13.0. The van der Waals surface area contributed by atoms with Gasteiger partial charge in [0.15, 0.2) is 6.29 Å². The molecule has 1 aliphatic rings. The van der Waals surface area contributed by atoms with Gasteiger partial charge in [-0.05, 0) is 96.3 Å². The second-order valence-electron chi connectivity index (χ2n) is 26.0. The van der Waals surface area contributed by atoms with Crippen molar-refractivity contribution in [2.24, 2.45) is 0 Å². The van der Waals surface area contributed by atoms with E-state index in [1.54, 1.807) is 6.08 Å². The number of amides is 1. The molecular weight excluding hydrogens is 1100 g/mol. The molecule has 11 heteroatoms. The molecule has 1 aliphatic heterocycles. The second kappa shape index (κ2) is 65.8. The fourth-order valence-electron chi connectivity index (χ4n) is 11.6. The first-order valence-electron chi connectivity index (χ1n) is 37.6. The summed E-state index contributed by atoms with van der Waals surface area (Å²) >= 11 is 0. The zero-order valence-corrected chi connectivity index (χ0v) is 57.2. The van der Waals surface area contributed by atoms with Crippen LogP contribution >= 0.6 is 0 Å². The fraction of sp³-hybridized carbons (Fsp3) is 0.844. The Morgan fingerprint density at radius 2 is 0.784 bits per heavy atom. The van der Waals surface area contributed by atoms with Crippen LogP contribution in [-0.4, -0.2) is 100 Å². The number of unbranched alkanes of at least 4 members (excludes halogenated alkanes) is 44. The lowest BCUT2D eigenvalue weighted by molar-refractivity contribution is -0.302. The minimum Gasteiger partial charge on any atom is -0.466 e. The summed E-state index contributed by atoms with van der Waals surface area (Å²) in [5, 5.41) is 54.3. The molecule has 514 valence electrons. The average molecular weight is 1240 g/mol. The molecule has 0 saturated carbocycles. The first kappa shape index (κ1) is 83.4. The quantitative estimate of drug-likeness (QED) is 0.0195. The molecule has 6 N–H and O–H groups in total. The van der Waals surface area contributed by atoms with Crippen LogP contribution in [0.5, 0.6) is 0 Å². The highest BCUT2D eigenvalue weighted by molar-refractivity contribution is 5.76. The zero-order chi connectivity index (χ0) is 63.7. The van der Waals surface area contributed by atoms with Crippen LogP contribution in [0.3, 0.4) is 0 Å². The molecule has 1 amide bonds. The van der Waals surface area contributed by atoms with Crippen molar-refractivity contribution in [3.63, 3.8) is 0 Å². The van der Waals surface area contributed by atoms with E-state index < -0.39 is 49.5 Å². The summed E-state index contributed by atoms with van der Waals surface area (Å²) in [7, 11) is 0. The summed E-state index contributed by atoms with van der Waals surface area (Å²) in [4.78, 5) is 25.0. The number of aliphatic hydroxyl groups excluding tert-OH is 5. The van der Waals surface area contributed by atoms with Crippen molar-refractivity contribution in [2.75, 3.05) is 19.8 Å². The average Bonchev–Trinajstić information content (AvgIpc) is 1.59. The number of hydrogen-bond acceptors (Lipinski definition) is 10. The van der Waals surface area contributed by atoms with E-state index in [4.69, 9.17) is 14.2 Å². The van der Waals surface area contributed by atoms with E-state index in [0.29, 0.717) is 19.4 Å². The van der Waals surface area contributed by atoms with Crippen molar-refractivity contribution in [2.45, 2.75) is 397 Å². The van der Waals surface area contributed by atoms with Crippen LogP contribution in [0, 0.1) is 0 Å². The van der Waals surface area contributed by atoms with Gasteiger partial charge in [0.05, 0.1) is 32.0 Å². The van der Waals surface area contributed by atoms with Crippen LogP contribution in [0.15, 0.2) is 60.8 Å². The number of rotatable bonds is 66. The monoisotopic (exact) mass is 1240 g/mol. The maximum absolute atomic E-state index is 13.0. The van der Waals surface area contributed by atoms with E-state index in [1.165, 1.54) is 263 Å². The van der Waals surface area contributed by atoms with Crippen molar-refractivity contribution in [3.05, 3.63) is 60.8 Å². The van der Waals surface area contributed by atoms with Gasteiger partial charge in [0.1, 0.15) is 24.4 Å². The highest BCUT2D eigenvalue weighted by Crippen LogP contribution is 2.23. The minimum atomic E-state index is -1.57. The number of esters is 1. The van der Waals surface area contributed by atoms with Crippen LogP contribution in [0.25, 0.3) is 0 Å². The number of hydrogen-bond donors (Lipinski definition) is 6. The Morgan fingerprint density at radius 1 is 0.420 bits per heavy atom. The molecular formula is C77H141NO10. The van der Waals surface area contributed by atoms with Crippen LogP contribution in [-0.2, 0) is 23.8 Å². The number of carbonyl (C=O) groups is 2. The summed E-state index contributed by atoms with van der Waals surface area (Å²) < 4.78 is 16.7. The third-order valence-electron chi connectivity index (χ3n) is 17.6. The van der Waals surface area contributed by atoms with E-state index in [0.717, 1.165) is 64.2 Å². The normalized spacial score (nSPS) is 18.1. The molecule has 7 atom stereocenters. The summed E-state index contributed by atoms with van der Waals surface area (Å²) in [5.74, 6) is -0.187. The van der Waals surface area contributed by atoms with Crippen LogP contribution < -0.4 is 5.32 Å². The number of carbonyl (C=O) groups excluding carboxylic acids is 2. The Morgan fingerprint density at radius 3 is 1.23 bits per heavy atom. The number of allylic oxidation sites excluding steroid dienone is 9. The third-order valence-corrected chi connectivity index (χ3v) is 17.6. The van der Waals surface area contributed by atoms with Gasteiger partial charge in [0, 0.05) is 12.8 Å². The van der Waals surface area contributed by atoms with E-state index >= 15 is 0 Å². The fourth-order valence-corrected chi connectivity index (χ4v) is 11.6. The van der Waals surface area contributed by atoms with E-state index in [2.05, 4.69) is 67.8 Å². The molecule has 0 aromatic rings. The number of aliphatic hydroxyl groups is 5. The molecule has 0 aromatic carbocycles. The first-order valence-corrected chi connectivity index (χ1v) is 37.6. The lowest BCUT2D eigenvalue weighted by Crippen LogP contribution is -2.60. The van der Waals surface area contributed by atoms with E-state index in [9.17, 15) is 35.1 Å². The van der Waals surface area contributed by atoms with Crippen molar-refractivity contribution >= 4 is 11.9 Å². The lowest BCUT2D eigenvalue weighted by atomic mass is 9.99. The first-order chi connectivity index (χ1) is 43.2. The van der Waals surface area contributed by atoms with Gasteiger partial charge in [0.2, 0.25) is 5.91 Å². The van der Waals surface area contributed by atoms with Gasteiger partial charge in [-0.1, -0.05) is 306 Å². The Bertz CT molecular complexity index is 1650. The van der Waals surface area contributed by atoms with Gasteiger partial charge in [-0.15, -0.1) is 0 Å². The van der Waals surface area contributed by atoms with Crippen LogP contribution in [0.4, 0.5) is 0 Å². The molecule has 11 nitrogen and oxygen atoms in total. The molecule has 1 fully saturated rings. The van der Waals surface area contributed by atoms with Crippen molar-refractivity contribution in [3.8, 4) is 0 Å². The van der Waals surface area contributed by atoms with Crippen LogP contribution in [0.1, 0.15) is 354 Å². The predicted molar refractivity (Wildman–Crippen MR) is 370 cm³/mol. The van der Waals surface area contributed by atoms with Gasteiger partial charge < -0.3 is 45.1 Å². The SMILES string of the molecule is CCCC/C=C\CCCCCCCC(=O)OCCCCCCCCCCCCCCCCC/C=C\C/C=C\CCCCCCCCCCCCCCCCCCCC(=O)NC(COC1OC(CO)C(O)C(O)C1O)C(O)/C=C/CC/C=C/CCCCCC. The maximum Gasteiger partial charge on any atom is 0.305 e. The van der Waals surface area contributed by atoms with E-state index in [1.807, 2.05) is 6.08 Å². The van der Waals surface area contributed by atoms with Crippen molar-refractivity contribution in [1.82, 2.24) is 5.32 Å². The second-order valence-corrected chi connectivity index (χ2v) is 26.0. The summed E-state index contributed by atoms with van der Waals surface area (Å²) in [5.41, 5.74) is 0. The molecule has 0 bridgehead atoms. The van der Waals surface area contributed by atoms with Gasteiger partial charge in [-0.3, -0.25) is 9.59 Å². The van der Waals surface area contributed by atoms with Gasteiger partial charge in [-0.2, -0.15) is 0 Å². The third kappa shape index (κ3) is 54.0. The van der Waals surface area contributed by atoms with Crippen molar-refractivity contribution < 1.29 is 49.3 Å². The summed E-state index contributed by atoms with van der Waals surface area (Å²) in [6.07, 6.45) is 78.3.